The molecule has 25 heavy (non-hydrogen) atoms. The fourth-order valence-corrected chi connectivity index (χ4v) is 3.81. The van der Waals surface area contributed by atoms with Gasteiger partial charge in [0.25, 0.3) is 0 Å². The molecule has 0 radical (unpaired) electrons. The van der Waals surface area contributed by atoms with E-state index in [2.05, 4.69) is 39.8 Å². The van der Waals surface area contributed by atoms with E-state index in [1.54, 1.807) is 0 Å². The summed E-state index contributed by atoms with van der Waals surface area (Å²) in [6.07, 6.45) is 0. The van der Waals surface area contributed by atoms with Gasteiger partial charge in [0.2, 0.25) is 5.91 Å². The van der Waals surface area contributed by atoms with Crippen molar-refractivity contribution in [3.05, 3.63) is 59.7 Å². The van der Waals surface area contributed by atoms with Crippen LogP contribution in [0.25, 0.3) is 0 Å². The van der Waals surface area contributed by atoms with Crippen LogP contribution in [0, 0.1) is 0 Å². The number of anilines is 2. The third kappa shape index (κ3) is 5.51. The van der Waals surface area contributed by atoms with Gasteiger partial charge in [-0.2, -0.15) is 11.8 Å². The standard InChI is InChI=1S/C20H25N3OS/c1-16(24)22-19-6-2-17(3-7-19)14-21-15-18-4-8-20(9-5-18)23-10-12-25-13-11-23/h2-9,21H,10-15H2,1H3,(H,22,24). The van der Waals surface area contributed by atoms with Crippen molar-refractivity contribution in [3.8, 4) is 0 Å². The quantitative estimate of drug-likeness (QED) is 0.833. The molecule has 0 bridgehead atoms. The maximum atomic E-state index is 11.0. The van der Waals surface area contributed by atoms with Gasteiger partial charge < -0.3 is 15.5 Å². The second kappa shape index (κ2) is 8.92. The number of carbonyl (C=O) groups is 1. The molecule has 0 aromatic heterocycles. The van der Waals surface area contributed by atoms with E-state index in [9.17, 15) is 4.79 Å². The van der Waals surface area contributed by atoms with Gasteiger partial charge in [-0.3, -0.25) is 4.79 Å². The minimum absolute atomic E-state index is 0.0439. The zero-order valence-electron chi connectivity index (χ0n) is 14.6. The normalized spacial score (nSPS) is 14.4. The molecule has 2 N–H and O–H groups in total. The van der Waals surface area contributed by atoms with Crippen LogP contribution in [0.5, 0.6) is 0 Å². The number of amides is 1. The van der Waals surface area contributed by atoms with Gasteiger partial charge in [0.15, 0.2) is 0 Å². The highest BCUT2D eigenvalue weighted by Gasteiger charge is 2.10. The van der Waals surface area contributed by atoms with Crippen molar-refractivity contribution in [2.24, 2.45) is 0 Å². The maximum Gasteiger partial charge on any atom is 0.221 e. The van der Waals surface area contributed by atoms with Crippen LogP contribution in [-0.2, 0) is 17.9 Å². The minimum atomic E-state index is -0.0439. The molecule has 3 rings (SSSR count). The molecule has 1 amide bonds. The van der Waals surface area contributed by atoms with Crippen molar-refractivity contribution in [2.45, 2.75) is 20.0 Å². The highest BCUT2D eigenvalue weighted by molar-refractivity contribution is 7.99. The molecule has 2 aromatic rings. The Morgan fingerprint density at radius 3 is 2.08 bits per heavy atom. The van der Waals surface area contributed by atoms with Gasteiger partial charge in [0.1, 0.15) is 0 Å². The Bertz CT molecular complexity index is 679. The Morgan fingerprint density at radius 2 is 1.52 bits per heavy atom. The second-order valence-corrected chi connectivity index (χ2v) is 7.47. The molecule has 1 fully saturated rings. The number of carbonyl (C=O) groups excluding carboxylic acids is 1. The molecule has 1 saturated heterocycles. The van der Waals surface area contributed by atoms with Crippen molar-refractivity contribution in [1.29, 1.82) is 0 Å². The summed E-state index contributed by atoms with van der Waals surface area (Å²) >= 11 is 2.04. The third-order valence-corrected chi connectivity index (χ3v) is 5.19. The van der Waals surface area contributed by atoms with E-state index < -0.39 is 0 Å². The Balaban J connectivity index is 1.46. The van der Waals surface area contributed by atoms with Crippen LogP contribution in [0.2, 0.25) is 0 Å². The molecule has 2 aromatic carbocycles. The summed E-state index contributed by atoms with van der Waals surface area (Å²) in [5.41, 5.74) is 4.67. The number of nitrogens with one attached hydrogen (secondary N) is 2. The molecule has 5 heteroatoms. The summed E-state index contributed by atoms with van der Waals surface area (Å²) in [5.74, 6) is 2.41. The topological polar surface area (TPSA) is 44.4 Å². The van der Waals surface area contributed by atoms with Crippen LogP contribution in [0.3, 0.4) is 0 Å². The molecule has 0 atom stereocenters. The average molecular weight is 356 g/mol. The van der Waals surface area contributed by atoms with Crippen molar-refractivity contribution >= 4 is 29.0 Å². The van der Waals surface area contributed by atoms with E-state index >= 15 is 0 Å². The van der Waals surface area contributed by atoms with Crippen molar-refractivity contribution in [2.75, 3.05) is 34.8 Å². The number of nitrogens with zero attached hydrogens (tertiary/aromatic N) is 1. The molecule has 4 nitrogen and oxygen atoms in total. The van der Waals surface area contributed by atoms with E-state index in [-0.39, 0.29) is 5.91 Å². The molecule has 1 heterocycles. The van der Waals surface area contributed by atoms with Gasteiger partial charge in [0.05, 0.1) is 0 Å². The van der Waals surface area contributed by atoms with Gasteiger partial charge in [-0.05, 0) is 35.4 Å². The van der Waals surface area contributed by atoms with Crippen molar-refractivity contribution in [3.63, 3.8) is 0 Å². The monoisotopic (exact) mass is 355 g/mol. The van der Waals surface area contributed by atoms with Gasteiger partial charge in [-0.15, -0.1) is 0 Å². The lowest BCUT2D eigenvalue weighted by Crippen LogP contribution is -2.32. The minimum Gasteiger partial charge on any atom is -0.370 e. The van der Waals surface area contributed by atoms with Crippen LogP contribution >= 0.6 is 11.8 Å². The van der Waals surface area contributed by atoms with Crippen LogP contribution in [0.15, 0.2) is 48.5 Å². The van der Waals surface area contributed by atoms with E-state index in [1.807, 2.05) is 36.0 Å². The summed E-state index contributed by atoms with van der Waals surface area (Å²) in [6.45, 7) is 5.48. The van der Waals surface area contributed by atoms with Crippen molar-refractivity contribution in [1.82, 2.24) is 5.32 Å². The van der Waals surface area contributed by atoms with Gasteiger partial charge in [-0.25, -0.2) is 0 Å². The lowest BCUT2D eigenvalue weighted by molar-refractivity contribution is -0.114. The van der Waals surface area contributed by atoms with E-state index in [1.165, 1.54) is 35.2 Å². The Hall–Kier alpha value is -1.98. The Morgan fingerprint density at radius 1 is 0.960 bits per heavy atom. The molecular formula is C20H25N3OS. The van der Waals surface area contributed by atoms with Crippen LogP contribution < -0.4 is 15.5 Å². The highest BCUT2D eigenvalue weighted by atomic mass is 32.2. The first-order valence-corrected chi connectivity index (χ1v) is 9.85. The molecule has 132 valence electrons. The Kier molecular flexibility index (Phi) is 6.36. The predicted molar refractivity (Wildman–Crippen MR) is 107 cm³/mol. The first kappa shape index (κ1) is 17.8. The van der Waals surface area contributed by atoms with Crippen molar-refractivity contribution < 1.29 is 4.79 Å². The van der Waals surface area contributed by atoms with Crippen LogP contribution in [-0.4, -0.2) is 30.5 Å². The fourth-order valence-electron chi connectivity index (χ4n) is 2.91. The lowest BCUT2D eigenvalue weighted by Gasteiger charge is -2.28. The summed E-state index contributed by atoms with van der Waals surface area (Å²) in [5, 5.41) is 6.25. The number of thioether (sulfide) groups is 1. The summed E-state index contributed by atoms with van der Waals surface area (Å²) in [6, 6.07) is 16.8. The van der Waals surface area contributed by atoms with Gasteiger partial charge in [-0.1, -0.05) is 24.3 Å². The van der Waals surface area contributed by atoms with E-state index in [4.69, 9.17) is 0 Å². The Labute approximate surface area is 154 Å². The smallest absolute Gasteiger partial charge is 0.221 e. The first-order chi connectivity index (χ1) is 12.2. The van der Waals surface area contributed by atoms with Crippen LogP contribution in [0.1, 0.15) is 18.1 Å². The zero-order valence-corrected chi connectivity index (χ0v) is 15.4. The highest BCUT2D eigenvalue weighted by Crippen LogP contribution is 2.20. The average Bonchev–Trinajstić information content (AvgIpc) is 2.64. The maximum absolute atomic E-state index is 11.0. The van der Waals surface area contributed by atoms with Crippen LogP contribution in [0.4, 0.5) is 11.4 Å². The van der Waals surface area contributed by atoms with E-state index in [0.717, 1.165) is 31.9 Å². The number of hydrogen-bond donors (Lipinski definition) is 2. The predicted octanol–water partition coefficient (Wildman–Crippen LogP) is 3.49. The molecule has 0 aliphatic carbocycles. The first-order valence-electron chi connectivity index (χ1n) is 8.69. The SMILES string of the molecule is CC(=O)Nc1ccc(CNCc2ccc(N3CCSCC3)cc2)cc1. The second-order valence-electron chi connectivity index (χ2n) is 6.25. The number of hydrogen-bond acceptors (Lipinski definition) is 4. The molecule has 1 aliphatic rings. The summed E-state index contributed by atoms with van der Waals surface area (Å²) in [4.78, 5) is 13.5. The third-order valence-electron chi connectivity index (χ3n) is 4.25. The molecule has 0 spiro atoms. The van der Waals surface area contributed by atoms with Gasteiger partial charge >= 0.3 is 0 Å². The molecule has 0 saturated carbocycles. The number of rotatable bonds is 6. The van der Waals surface area contributed by atoms with E-state index in [0.29, 0.717) is 0 Å². The largest absolute Gasteiger partial charge is 0.370 e. The summed E-state index contributed by atoms with van der Waals surface area (Å²) in [7, 11) is 0. The molecule has 1 aliphatic heterocycles. The fraction of sp³-hybridized carbons (Fsp3) is 0.350. The number of benzene rings is 2. The molecule has 0 unspecified atom stereocenters. The summed E-state index contributed by atoms with van der Waals surface area (Å²) < 4.78 is 0. The zero-order chi connectivity index (χ0) is 17.5. The molecular weight excluding hydrogens is 330 g/mol. The van der Waals surface area contributed by atoms with Gasteiger partial charge in [0, 0.05) is 56.0 Å². The lowest BCUT2D eigenvalue weighted by atomic mass is 10.1.